The molecule has 4 N–H and O–H groups in total. The average Bonchev–Trinajstić information content (AvgIpc) is 1.63. The second kappa shape index (κ2) is 3.06. The molecule has 0 spiro atoms. The van der Waals surface area contributed by atoms with Crippen molar-refractivity contribution >= 4 is 11.9 Å². The molecule has 0 aromatic heterocycles. The maximum Gasteiger partial charge on any atom is 0.285 e. The zero-order chi connectivity index (χ0) is 7.44. The van der Waals surface area contributed by atoms with Gasteiger partial charge in [-0.15, -0.1) is 0 Å². The molecule has 0 heterocycles. The molecule has 0 saturated heterocycles. The van der Waals surface area contributed by atoms with Crippen molar-refractivity contribution < 1.29 is 4.74 Å². The van der Waals surface area contributed by atoms with Crippen LogP contribution in [-0.4, -0.2) is 11.9 Å². The standard InChI is InChI=1S/C5H11N3O/c1-3(2)4(6)9-5(7)8/h3,6H,1-2H3,(H3,7,8). The van der Waals surface area contributed by atoms with Gasteiger partial charge in [-0.2, -0.15) is 0 Å². The highest BCUT2D eigenvalue weighted by Crippen LogP contribution is 1.94. The van der Waals surface area contributed by atoms with E-state index in [-0.39, 0.29) is 11.8 Å². The van der Waals surface area contributed by atoms with E-state index in [2.05, 4.69) is 4.74 Å². The Hall–Kier alpha value is -1.06. The van der Waals surface area contributed by atoms with Gasteiger partial charge < -0.3 is 10.5 Å². The maximum atomic E-state index is 7.03. The first-order chi connectivity index (χ1) is 4.04. The van der Waals surface area contributed by atoms with Crippen molar-refractivity contribution in [2.24, 2.45) is 11.7 Å². The van der Waals surface area contributed by atoms with Gasteiger partial charge >= 0.3 is 0 Å². The Morgan fingerprint density at radius 3 is 2.00 bits per heavy atom. The maximum absolute atomic E-state index is 7.03. The Morgan fingerprint density at radius 2 is 1.89 bits per heavy atom. The van der Waals surface area contributed by atoms with Gasteiger partial charge in [0.15, 0.2) is 5.90 Å². The van der Waals surface area contributed by atoms with Crippen LogP contribution in [0.15, 0.2) is 0 Å². The van der Waals surface area contributed by atoms with Crippen LogP contribution < -0.4 is 5.73 Å². The van der Waals surface area contributed by atoms with Crippen LogP contribution in [0.2, 0.25) is 0 Å². The fourth-order valence-corrected chi connectivity index (χ4v) is 0.236. The molecule has 4 heteroatoms. The Morgan fingerprint density at radius 1 is 1.44 bits per heavy atom. The van der Waals surface area contributed by atoms with E-state index in [0.29, 0.717) is 0 Å². The number of nitrogens with two attached hydrogens (primary N) is 1. The minimum absolute atomic E-state index is 0.00565. The molecule has 0 aliphatic carbocycles. The Labute approximate surface area is 54.0 Å². The summed E-state index contributed by atoms with van der Waals surface area (Å²) in [5.41, 5.74) is 4.85. The summed E-state index contributed by atoms with van der Waals surface area (Å²) >= 11 is 0. The van der Waals surface area contributed by atoms with Crippen molar-refractivity contribution in [1.29, 1.82) is 10.8 Å². The Kier molecular flexibility index (Phi) is 2.70. The first kappa shape index (κ1) is 7.94. The molecule has 0 aromatic carbocycles. The molecule has 0 saturated carbocycles. The highest BCUT2D eigenvalue weighted by Gasteiger charge is 2.03. The van der Waals surface area contributed by atoms with Crippen LogP contribution in [0.1, 0.15) is 13.8 Å². The van der Waals surface area contributed by atoms with Crippen molar-refractivity contribution in [2.45, 2.75) is 13.8 Å². The molecule has 9 heavy (non-hydrogen) atoms. The summed E-state index contributed by atoms with van der Waals surface area (Å²) < 4.78 is 4.46. The molecule has 4 nitrogen and oxygen atoms in total. The van der Waals surface area contributed by atoms with Crippen LogP contribution in [0.5, 0.6) is 0 Å². The van der Waals surface area contributed by atoms with Gasteiger partial charge in [0.2, 0.25) is 0 Å². The SMILES string of the molecule is CC(C)C(=N)OC(=N)N. The minimum atomic E-state index is -0.422. The first-order valence-electron chi connectivity index (χ1n) is 2.64. The first-order valence-corrected chi connectivity index (χ1v) is 2.64. The fourth-order valence-electron chi connectivity index (χ4n) is 0.236. The summed E-state index contributed by atoms with van der Waals surface area (Å²) in [6, 6.07) is -0.422. The molecule has 0 fully saturated rings. The lowest BCUT2D eigenvalue weighted by atomic mass is 10.2. The number of ether oxygens (including phenoxy) is 1. The lowest BCUT2D eigenvalue weighted by Gasteiger charge is -2.05. The van der Waals surface area contributed by atoms with E-state index in [4.69, 9.17) is 16.6 Å². The van der Waals surface area contributed by atoms with E-state index >= 15 is 0 Å². The lowest BCUT2D eigenvalue weighted by Crippen LogP contribution is -2.21. The normalized spacial score (nSPS) is 9.22. The molecule has 0 radical (unpaired) electrons. The third kappa shape index (κ3) is 3.52. The van der Waals surface area contributed by atoms with Crippen molar-refractivity contribution in [3.8, 4) is 0 Å². The summed E-state index contributed by atoms with van der Waals surface area (Å²) in [6.07, 6.45) is 0. The van der Waals surface area contributed by atoms with E-state index in [1.807, 2.05) is 0 Å². The third-order valence-electron chi connectivity index (χ3n) is 0.744. The van der Waals surface area contributed by atoms with E-state index in [0.717, 1.165) is 0 Å². The molecule has 52 valence electrons. The highest BCUT2D eigenvalue weighted by atomic mass is 16.5. The molecule has 0 unspecified atom stereocenters. The molecule has 0 atom stereocenters. The number of hydrogen-bond donors (Lipinski definition) is 3. The van der Waals surface area contributed by atoms with Crippen LogP contribution in [0, 0.1) is 16.7 Å². The van der Waals surface area contributed by atoms with Gasteiger partial charge in [-0.25, -0.2) is 0 Å². The van der Waals surface area contributed by atoms with Gasteiger partial charge in [0.25, 0.3) is 6.02 Å². The molecule has 0 aliphatic rings. The molecular formula is C5H11N3O. The van der Waals surface area contributed by atoms with E-state index in [9.17, 15) is 0 Å². The topological polar surface area (TPSA) is 83.0 Å². The molecule has 0 aromatic rings. The van der Waals surface area contributed by atoms with E-state index < -0.39 is 6.02 Å². The van der Waals surface area contributed by atoms with Crippen molar-refractivity contribution in [1.82, 2.24) is 0 Å². The van der Waals surface area contributed by atoms with Gasteiger partial charge in [-0.1, -0.05) is 13.8 Å². The summed E-state index contributed by atoms with van der Waals surface area (Å²) in [7, 11) is 0. The number of nitrogens with one attached hydrogen (secondary N) is 2. The second-order valence-corrected chi connectivity index (χ2v) is 1.99. The molecule has 0 amide bonds. The summed E-state index contributed by atoms with van der Waals surface area (Å²) in [6.45, 7) is 3.59. The molecule has 0 aliphatic heterocycles. The smallest absolute Gasteiger partial charge is 0.285 e. The molecule has 0 rings (SSSR count). The summed E-state index contributed by atoms with van der Waals surface area (Å²) in [5.74, 6) is 0.0244. The van der Waals surface area contributed by atoms with E-state index in [1.165, 1.54) is 0 Å². The molecular weight excluding hydrogens is 118 g/mol. The zero-order valence-corrected chi connectivity index (χ0v) is 5.56. The van der Waals surface area contributed by atoms with Crippen molar-refractivity contribution in [3.63, 3.8) is 0 Å². The van der Waals surface area contributed by atoms with Crippen molar-refractivity contribution in [3.05, 3.63) is 0 Å². The van der Waals surface area contributed by atoms with Gasteiger partial charge in [0.1, 0.15) is 0 Å². The van der Waals surface area contributed by atoms with Crippen LogP contribution >= 0.6 is 0 Å². The number of hydrogen-bond acceptors (Lipinski definition) is 3. The largest absolute Gasteiger partial charge is 0.412 e. The van der Waals surface area contributed by atoms with Gasteiger partial charge in [-0.3, -0.25) is 10.8 Å². The van der Waals surface area contributed by atoms with Crippen LogP contribution in [-0.2, 0) is 4.74 Å². The van der Waals surface area contributed by atoms with Crippen LogP contribution in [0.3, 0.4) is 0 Å². The third-order valence-corrected chi connectivity index (χ3v) is 0.744. The molecule has 0 bridgehead atoms. The van der Waals surface area contributed by atoms with Crippen LogP contribution in [0.25, 0.3) is 0 Å². The lowest BCUT2D eigenvalue weighted by molar-refractivity contribution is 0.483. The van der Waals surface area contributed by atoms with Gasteiger partial charge in [0.05, 0.1) is 0 Å². The quantitative estimate of drug-likeness (QED) is 0.356. The second-order valence-electron chi connectivity index (χ2n) is 1.99. The number of rotatable bonds is 1. The Bertz CT molecular complexity index is 130. The highest BCUT2D eigenvalue weighted by molar-refractivity contribution is 5.87. The van der Waals surface area contributed by atoms with Gasteiger partial charge in [0, 0.05) is 5.92 Å². The predicted molar refractivity (Wildman–Crippen MR) is 35.6 cm³/mol. The predicted octanol–water partition coefficient (Wildman–Crippen LogP) is 0.530. The fraction of sp³-hybridized carbons (Fsp3) is 0.600. The Balaban J connectivity index is 3.64. The monoisotopic (exact) mass is 129 g/mol. The van der Waals surface area contributed by atoms with Gasteiger partial charge in [-0.05, 0) is 0 Å². The summed E-state index contributed by atoms with van der Waals surface area (Å²) in [4.78, 5) is 0. The summed E-state index contributed by atoms with van der Waals surface area (Å²) in [5, 5.41) is 13.7. The minimum Gasteiger partial charge on any atom is -0.412 e. The zero-order valence-electron chi connectivity index (χ0n) is 5.56. The van der Waals surface area contributed by atoms with Crippen LogP contribution in [0.4, 0.5) is 0 Å². The van der Waals surface area contributed by atoms with E-state index in [1.54, 1.807) is 13.8 Å². The number of amidine groups is 1. The average molecular weight is 129 g/mol. The van der Waals surface area contributed by atoms with Crippen molar-refractivity contribution in [2.75, 3.05) is 0 Å².